The average molecular weight is 960 g/mol. The Kier molecular flexibility index (Phi) is 56.2. The highest BCUT2D eigenvalue weighted by Crippen LogP contribution is 2.18. The Labute approximate surface area is 424 Å². The lowest BCUT2D eigenvalue weighted by Crippen LogP contribution is -2.30. The summed E-state index contributed by atoms with van der Waals surface area (Å²) in [7, 11) is 0. The minimum absolute atomic E-state index is 0.0680. The number of ether oxygens (including phenoxy) is 3. The maximum atomic E-state index is 12.8. The molecule has 0 N–H and O–H groups in total. The molecule has 68 heavy (non-hydrogen) atoms. The zero-order valence-electron chi connectivity index (χ0n) is 46.2. The lowest BCUT2D eigenvalue weighted by molar-refractivity contribution is -0.167. The Hall–Kier alpha value is -1.85. The third-order valence-electron chi connectivity index (χ3n) is 14.0. The molecule has 0 aromatic heterocycles. The van der Waals surface area contributed by atoms with Crippen LogP contribution in [-0.2, 0) is 28.6 Å². The summed E-state index contributed by atoms with van der Waals surface area (Å²) in [5, 5.41) is 0. The molecule has 0 fully saturated rings. The van der Waals surface area contributed by atoms with Crippen molar-refractivity contribution in [2.75, 3.05) is 13.2 Å². The van der Waals surface area contributed by atoms with Gasteiger partial charge in [-0.15, -0.1) is 0 Å². The summed E-state index contributed by atoms with van der Waals surface area (Å²) in [6, 6.07) is 0. The van der Waals surface area contributed by atoms with E-state index in [1.807, 2.05) is 0 Å². The van der Waals surface area contributed by atoms with Gasteiger partial charge in [0.05, 0.1) is 0 Å². The van der Waals surface area contributed by atoms with Crippen LogP contribution in [0.1, 0.15) is 348 Å². The van der Waals surface area contributed by atoms with E-state index in [9.17, 15) is 14.4 Å². The quantitative estimate of drug-likeness (QED) is 0.0262. The van der Waals surface area contributed by atoms with E-state index in [1.54, 1.807) is 0 Å². The number of carbonyl (C=O) groups excluding carboxylic acids is 3. The predicted molar refractivity (Wildman–Crippen MR) is 293 cm³/mol. The molecule has 1 unspecified atom stereocenters. The molecule has 0 aliphatic carbocycles. The molecule has 0 aliphatic rings. The van der Waals surface area contributed by atoms with Crippen LogP contribution in [0.25, 0.3) is 0 Å². The van der Waals surface area contributed by atoms with Crippen LogP contribution in [0, 0.1) is 0 Å². The van der Waals surface area contributed by atoms with Gasteiger partial charge < -0.3 is 14.2 Å². The first kappa shape index (κ1) is 66.2. The predicted octanol–water partition coefficient (Wildman–Crippen LogP) is 20.5. The van der Waals surface area contributed by atoms with Crippen molar-refractivity contribution in [2.45, 2.75) is 354 Å². The van der Waals surface area contributed by atoms with Crippen molar-refractivity contribution in [1.29, 1.82) is 0 Å². The van der Waals surface area contributed by atoms with Gasteiger partial charge in [-0.25, -0.2) is 0 Å². The van der Waals surface area contributed by atoms with E-state index in [-0.39, 0.29) is 31.1 Å². The molecule has 1 atom stereocenters. The van der Waals surface area contributed by atoms with Gasteiger partial charge in [0, 0.05) is 19.3 Å². The van der Waals surface area contributed by atoms with Gasteiger partial charge in [0.1, 0.15) is 13.2 Å². The van der Waals surface area contributed by atoms with Gasteiger partial charge in [0.25, 0.3) is 0 Å². The molecule has 0 aliphatic heterocycles. The van der Waals surface area contributed by atoms with Gasteiger partial charge >= 0.3 is 17.9 Å². The topological polar surface area (TPSA) is 78.9 Å². The molecule has 0 spiro atoms. The van der Waals surface area contributed by atoms with Crippen LogP contribution in [-0.4, -0.2) is 37.2 Å². The standard InChI is InChI=1S/C62H118O6/c1-4-7-10-13-16-19-22-23-24-25-26-27-28-29-30-31-32-33-34-35-36-37-38-39-41-43-46-49-52-55-61(64)67-58-59(57-66-60(63)54-51-48-45-42-21-18-15-12-9-6-3)68-62(65)56-53-50-47-44-40-20-17-14-11-8-5-2/h14,17,59H,4-13,15-16,18-58H2,1-3H3/b17-14-. The first-order valence-corrected chi connectivity index (χ1v) is 30.7. The Morgan fingerprint density at radius 1 is 0.279 bits per heavy atom. The highest BCUT2D eigenvalue weighted by Gasteiger charge is 2.19. The molecule has 6 heteroatoms. The lowest BCUT2D eigenvalue weighted by Gasteiger charge is -2.18. The molecule has 0 saturated heterocycles. The first-order valence-electron chi connectivity index (χ1n) is 30.7. The van der Waals surface area contributed by atoms with E-state index in [0.717, 1.165) is 64.2 Å². The summed E-state index contributed by atoms with van der Waals surface area (Å²) < 4.78 is 16.8. The molecular formula is C62H118O6. The Bertz CT molecular complexity index is 1060. The number of allylic oxidation sites excluding steroid dienone is 2. The molecule has 6 nitrogen and oxygen atoms in total. The third kappa shape index (κ3) is 55.1. The monoisotopic (exact) mass is 959 g/mol. The van der Waals surface area contributed by atoms with Crippen LogP contribution >= 0.6 is 0 Å². The van der Waals surface area contributed by atoms with Crippen molar-refractivity contribution in [2.24, 2.45) is 0 Å². The summed E-state index contributed by atoms with van der Waals surface area (Å²) in [6.45, 7) is 6.63. The van der Waals surface area contributed by atoms with E-state index in [1.165, 1.54) is 244 Å². The van der Waals surface area contributed by atoms with Crippen LogP contribution < -0.4 is 0 Å². The molecule has 0 aromatic carbocycles. The second kappa shape index (κ2) is 57.7. The maximum Gasteiger partial charge on any atom is 0.306 e. The van der Waals surface area contributed by atoms with Crippen molar-refractivity contribution >= 4 is 17.9 Å². The van der Waals surface area contributed by atoms with E-state index in [2.05, 4.69) is 32.9 Å². The smallest absolute Gasteiger partial charge is 0.306 e. The highest BCUT2D eigenvalue weighted by molar-refractivity contribution is 5.71. The Morgan fingerprint density at radius 3 is 0.779 bits per heavy atom. The minimum atomic E-state index is -0.767. The molecule has 0 amide bonds. The Morgan fingerprint density at radius 2 is 0.500 bits per heavy atom. The van der Waals surface area contributed by atoms with Crippen LogP contribution in [0.5, 0.6) is 0 Å². The van der Waals surface area contributed by atoms with Crippen molar-refractivity contribution in [3.05, 3.63) is 12.2 Å². The molecule has 0 heterocycles. The summed E-state index contributed by atoms with van der Waals surface area (Å²) in [5.41, 5.74) is 0. The zero-order valence-corrected chi connectivity index (χ0v) is 46.2. The van der Waals surface area contributed by atoms with Gasteiger partial charge in [0.15, 0.2) is 6.10 Å². The third-order valence-corrected chi connectivity index (χ3v) is 14.0. The highest BCUT2D eigenvalue weighted by atomic mass is 16.6. The Balaban J connectivity index is 4.00. The number of unbranched alkanes of at least 4 members (excludes halogenated alkanes) is 44. The number of rotatable bonds is 57. The van der Waals surface area contributed by atoms with Gasteiger partial charge in [-0.2, -0.15) is 0 Å². The average Bonchev–Trinajstić information content (AvgIpc) is 3.34. The van der Waals surface area contributed by atoms with Crippen LogP contribution in [0.2, 0.25) is 0 Å². The first-order chi connectivity index (χ1) is 33.5. The minimum Gasteiger partial charge on any atom is -0.462 e. The van der Waals surface area contributed by atoms with Crippen LogP contribution in [0.15, 0.2) is 12.2 Å². The number of hydrogen-bond donors (Lipinski definition) is 0. The van der Waals surface area contributed by atoms with Crippen LogP contribution in [0.4, 0.5) is 0 Å². The summed E-state index contributed by atoms with van der Waals surface area (Å²) >= 11 is 0. The molecule has 0 radical (unpaired) electrons. The van der Waals surface area contributed by atoms with E-state index < -0.39 is 6.10 Å². The van der Waals surface area contributed by atoms with E-state index in [0.29, 0.717) is 19.3 Å². The molecule has 0 aromatic rings. The van der Waals surface area contributed by atoms with Crippen molar-refractivity contribution < 1.29 is 28.6 Å². The van der Waals surface area contributed by atoms with Crippen LogP contribution in [0.3, 0.4) is 0 Å². The van der Waals surface area contributed by atoms with Gasteiger partial charge in [0.2, 0.25) is 0 Å². The lowest BCUT2D eigenvalue weighted by atomic mass is 10.0. The van der Waals surface area contributed by atoms with Crippen molar-refractivity contribution in [3.8, 4) is 0 Å². The molecule has 0 bridgehead atoms. The maximum absolute atomic E-state index is 12.8. The number of carbonyl (C=O) groups is 3. The summed E-state index contributed by atoms with van der Waals surface area (Å²) in [5.74, 6) is -0.859. The molecule has 0 saturated carbocycles. The summed E-state index contributed by atoms with van der Waals surface area (Å²) in [4.78, 5) is 38.0. The van der Waals surface area contributed by atoms with Crippen molar-refractivity contribution in [1.82, 2.24) is 0 Å². The van der Waals surface area contributed by atoms with E-state index >= 15 is 0 Å². The molecule has 0 rings (SSSR count). The van der Waals surface area contributed by atoms with Gasteiger partial charge in [-0.05, 0) is 38.5 Å². The zero-order chi connectivity index (χ0) is 49.3. The normalized spacial score (nSPS) is 12.0. The SMILES string of the molecule is CCCC/C=C\CCCCCCCC(=O)OC(COC(=O)CCCCCCCCCCCC)COC(=O)CCCCCCCCCCCCCCCCCCCCCCCCCCCCCCC. The van der Waals surface area contributed by atoms with Gasteiger partial charge in [-0.1, -0.05) is 303 Å². The fourth-order valence-corrected chi connectivity index (χ4v) is 9.37. The number of esters is 3. The largest absolute Gasteiger partial charge is 0.462 e. The second-order valence-electron chi connectivity index (χ2n) is 21.0. The number of hydrogen-bond acceptors (Lipinski definition) is 6. The second-order valence-corrected chi connectivity index (χ2v) is 21.0. The fraction of sp³-hybridized carbons (Fsp3) is 0.919. The van der Waals surface area contributed by atoms with E-state index in [4.69, 9.17) is 14.2 Å². The molecular weight excluding hydrogens is 841 g/mol. The van der Waals surface area contributed by atoms with Crippen molar-refractivity contribution in [3.63, 3.8) is 0 Å². The van der Waals surface area contributed by atoms with Gasteiger partial charge in [-0.3, -0.25) is 14.4 Å². The summed E-state index contributed by atoms with van der Waals surface area (Å²) in [6.07, 6.45) is 66.8. The molecule has 402 valence electrons. The fourth-order valence-electron chi connectivity index (χ4n) is 9.37.